The van der Waals surface area contributed by atoms with Gasteiger partial charge in [-0.05, 0) is 12.1 Å². The maximum absolute atomic E-state index is 5.79. The van der Waals surface area contributed by atoms with Crippen molar-refractivity contribution in [3.8, 4) is 5.75 Å². The first-order valence-corrected chi connectivity index (χ1v) is 5.56. The molecule has 0 fully saturated rings. The lowest BCUT2D eigenvalue weighted by Gasteiger charge is -2.23. The molecule has 1 N–H and O–H groups in total. The highest BCUT2D eigenvalue weighted by Crippen LogP contribution is 2.24. The van der Waals surface area contributed by atoms with Crippen molar-refractivity contribution in [1.82, 2.24) is 4.98 Å². The van der Waals surface area contributed by atoms with Crippen LogP contribution in [0.2, 0.25) is 0 Å². The van der Waals surface area contributed by atoms with Crippen LogP contribution in [0, 0.1) is 0 Å². The summed E-state index contributed by atoms with van der Waals surface area (Å²) < 4.78 is 6.71. The highest BCUT2D eigenvalue weighted by atomic mass is 16.5. The Labute approximate surface area is 96.2 Å². The molecule has 86 valence electrons. The first-order chi connectivity index (χ1) is 7.56. The van der Waals surface area contributed by atoms with Crippen LogP contribution in [0.5, 0.6) is 5.75 Å². The number of likely N-dealkylation sites (N-methyl/N-ethyl adjacent to an activating group) is 1. The second kappa shape index (κ2) is 4.18. The molecule has 0 saturated carbocycles. The van der Waals surface area contributed by atoms with E-state index in [9.17, 15) is 0 Å². The minimum absolute atomic E-state index is 0.741. The lowest BCUT2D eigenvalue weighted by Crippen LogP contribution is -2.38. The average molecular weight is 219 g/mol. The molecule has 3 nitrogen and oxygen atoms in total. The van der Waals surface area contributed by atoms with E-state index in [1.165, 1.54) is 0 Å². The molecule has 2 aromatic rings. The zero-order valence-corrected chi connectivity index (χ0v) is 10.2. The molecule has 0 saturated heterocycles. The minimum atomic E-state index is 0.741. The van der Waals surface area contributed by atoms with Crippen LogP contribution in [0.25, 0.3) is 10.9 Å². The molecule has 0 bridgehead atoms. The Hall–Kier alpha value is -1.48. The van der Waals surface area contributed by atoms with E-state index in [2.05, 4.69) is 38.3 Å². The number of hydrogen-bond acceptors (Lipinski definition) is 1. The van der Waals surface area contributed by atoms with Gasteiger partial charge in [0.15, 0.2) is 0 Å². The van der Waals surface area contributed by atoms with Gasteiger partial charge in [0.05, 0.1) is 21.1 Å². The van der Waals surface area contributed by atoms with Crippen molar-refractivity contribution in [2.75, 3.05) is 34.3 Å². The second-order valence-electron chi connectivity index (χ2n) is 5.06. The van der Waals surface area contributed by atoms with E-state index < -0.39 is 0 Å². The molecule has 0 spiro atoms. The zero-order chi connectivity index (χ0) is 11.6. The van der Waals surface area contributed by atoms with Crippen molar-refractivity contribution in [2.24, 2.45) is 0 Å². The second-order valence-corrected chi connectivity index (χ2v) is 5.06. The van der Waals surface area contributed by atoms with Crippen molar-refractivity contribution in [3.05, 3.63) is 30.5 Å². The first-order valence-electron chi connectivity index (χ1n) is 5.56. The molecule has 0 aliphatic heterocycles. The summed E-state index contributed by atoms with van der Waals surface area (Å²) in [6.45, 7) is 1.74. The maximum atomic E-state index is 5.79. The molecule has 1 aromatic carbocycles. The Morgan fingerprint density at radius 2 is 1.94 bits per heavy atom. The highest BCUT2D eigenvalue weighted by molar-refractivity contribution is 5.85. The zero-order valence-electron chi connectivity index (χ0n) is 10.2. The van der Waals surface area contributed by atoms with Crippen LogP contribution in [-0.4, -0.2) is 43.8 Å². The molecule has 0 aliphatic carbocycles. The molecular weight excluding hydrogens is 200 g/mol. The number of benzene rings is 1. The van der Waals surface area contributed by atoms with E-state index in [0.717, 1.165) is 34.3 Å². The van der Waals surface area contributed by atoms with Gasteiger partial charge in [0.1, 0.15) is 18.9 Å². The Morgan fingerprint density at radius 1 is 1.19 bits per heavy atom. The standard InChI is InChI=1S/C13H19N2O/c1-15(2,3)8-9-16-13-10-14-12-7-5-4-6-11(12)13/h4-7,10,14H,8-9H2,1-3H3/q+1. The molecule has 1 heterocycles. The van der Waals surface area contributed by atoms with Gasteiger partial charge >= 0.3 is 0 Å². The van der Waals surface area contributed by atoms with Gasteiger partial charge in [-0.2, -0.15) is 0 Å². The minimum Gasteiger partial charge on any atom is -0.485 e. The van der Waals surface area contributed by atoms with E-state index in [1.54, 1.807) is 0 Å². The normalized spacial score (nSPS) is 11.9. The summed E-state index contributed by atoms with van der Waals surface area (Å²) in [4.78, 5) is 3.21. The van der Waals surface area contributed by atoms with Crippen molar-refractivity contribution in [1.29, 1.82) is 0 Å². The van der Waals surface area contributed by atoms with Gasteiger partial charge in [0.25, 0.3) is 0 Å². The number of nitrogens with zero attached hydrogens (tertiary/aromatic N) is 1. The summed E-state index contributed by atoms with van der Waals surface area (Å²) in [6, 6.07) is 8.19. The van der Waals surface area contributed by atoms with Crippen molar-refractivity contribution in [3.63, 3.8) is 0 Å². The van der Waals surface area contributed by atoms with Gasteiger partial charge in [0, 0.05) is 17.1 Å². The Kier molecular flexibility index (Phi) is 2.88. The summed E-state index contributed by atoms with van der Waals surface area (Å²) in [7, 11) is 6.50. The van der Waals surface area contributed by atoms with Gasteiger partial charge < -0.3 is 14.2 Å². The number of fused-ring (bicyclic) bond motifs is 1. The topological polar surface area (TPSA) is 25.0 Å². The summed E-state index contributed by atoms with van der Waals surface area (Å²) >= 11 is 0. The molecule has 0 aliphatic rings. The van der Waals surface area contributed by atoms with Gasteiger partial charge in [-0.3, -0.25) is 0 Å². The summed E-state index contributed by atoms with van der Waals surface area (Å²) in [5, 5.41) is 1.16. The fourth-order valence-corrected chi connectivity index (χ4v) is 1.59. The van der Waals surface area contributed by atoms with E-state index >= 15 is 0 Å². The van der Waals surface area contributed by atoms with Crippen molar-refractivity contribution in [2.45, 2.75) is 0 Å². The SMILES string of the molecule is C[N+](C)(C)CCOc1c[nH]c2ccccc12. The highest BCUT2D eigenvalue weighted by Gasteiger charge is 2.08. The Bertz CT molecular complexity index is 468. The largest absolute Gasteiger partial charge is 0.485 e. The smallest absolute Gasteiger partial charge is 0.144 e. The number of hydrogen-bond donors (Lipinski definition) is 1. The fourth-order valence-electron chi connectivity index (χ4n) is 1.59. The fraction of sp³-hybridized carbons (Fsp3) is 0.385. The Balaban J connectivity index is 2.05. The lowest BCUT2D eigenvalue weighted by atomic mass is 10.2. The van der Waals surface area contributed by atoms with Gasteiger partial charge in [0.2, 0.25) is 0 Å². The molecule has 0 radical (unpaired) electrons. The molecule has 0 unspecified atom stereocenters. The van der Waals surface area contributed by atoms with Crippen LogP contribution >= 0.6 is 0 Å². The predicted molar refractivity (Wildman–Crippen MR) is 66.7 cm³/mol. The van der Waals surface area contributed by atoms with Crippen molar-refractivity contribution >= 4 is 10.9 Å². The molecule has 16 heavy (non-hydrogen) atoms. The van der Waals surface area contributed by atoms with Crippen LogP contribution in [0.15, 0.2) is 30.5 Å². The third-order valence-electron chi connectivity index (χ3n) is 2.57. The van der Waals surface area contributed by atoms with Crippen LogP contribution in [0.3, 0.4) is 0 Å². The molecule has 0 atom stereocenters. The summed E-state index contributed by atoms with van der Waals surface area (Å²) in [6.07, 6.45) is 1.93. The Morgan fingerprint density at radius 3 is 2.69 bits per heavy atom. The van der Waals surface area contributed by atoms with E-state index in [0.29, 0.717) is 0 Å². The molecule has 3 heteroatoms. The number of aromatic nitrogens is 1. The van der Waals surface area contributed by atoms with E-state index in [4.69, 9.17) is 4.74 Å². The van der Waals surface area contributed by atoms with Crippen LogP contribution < -0.4 is 4.74 Å². The van der Waals surface area contributed by atoms with Crippen LogP contribution in [-0.2, 0) is 0 Å². The van der Waals surface area contributed by atoms with Gasteiger partial charge in [-0.1, -0.05) is 12.1 Å². The monoisotopic (exact) mass is 219 g/mol. The number of quaternary nitrogens is 1. The molecule has 0 amide bonds. The van der Waals surface area contributed by atoms with Crippen LogP contribution in [0.1, 0.15) is 0 Å². The third kappa shape index (κ3) is 2.55. The van der Waals surface area contributed by atoms with Gasteiger partial charge in [-0.15, -0.1) is 0 Å². The quantitative estimate of drug-likeness (QED) is 0.784. The molecular formula is C13H19N2O+. The third-order valence-corrected chi connectivity index (χ3v) is 2.57. The number of aromatic amines is 1. The van der Waals surface area contributed by atoms with E-state index in [-0.39, 0.29) is 0 Å². The van der Waals surface area contributed by atoms with Gasteiger partial charge in [-0.25, -0.2) is 0 Å². The summed E-state index contributed by atoms with van der Waals surface area (Å²) in [5.41, 5.74) is 1.13. The average Bonchev–Trinajstić information content (AvgIpc) is 2.60. The first kappa shape index (κ1) is 11.0. The molecule has 1 aromatic heterocycles. The number of nitrogens with one attached hydrogen (secondary N) is 1. The van der Waals surface area contributed by atoms with Crippen LogP contribution in [0.4, 0.5) is 0 Å². The maximum Gasteiger partial charge on any atom is 0.144 e. The lowest BCUT2D eigenvalue weighted by molar-refractivity contribution is -0.870. The van der Waals surface area contributed by atoms with Crippen molar-refractivity contribution < 1.29 is 9.22 Å². The number of ether oxygens (including phenoxy) is 1. The van der Waals surface area contributed by atoms with E-state index in [1.807, 2.05) is 18.3 Å². The number of H-pyrrole nitrogens is 1. The molecule has 2 rings (SSSR count). The number of rotatable bonds is 4. The summed E-state index contributed by atoms with van der Waals surface area (Å²) in [5.74, 6) is 0.948. The number of para-hydroxylation sites is 1. The predicted octanol–water partition coefficient (Wildman–Crippen LogP) is 2.25.